The van der Waals surface area contributed by atoms with Crippen molar-refractivity contribution < 1.29 is 9.90 Å². The highest BCUT2D eigenvalue weighted by atomic mass is 16.3. The van der Waals surface area contributed by atoms with Crippen LogP contribution in [0.25, 0.3) is 6.08 Å². The van der Waals surface area contributed by atoms with Crippen molar-refractivity contribution in [2.75, 3.05) is 12.4 Å². The van der Waals surface area contributed by atoms with Crippen LogP contribution in [0.2, 0.25) is 0 Å². The molecule has 0 spiro atoms. The first-order valence-corrected chi connectivity index (χ1v) is 4.33. The molecule has 0 aromatic heterocycles. The minimum Gasteiger partial charge on any atom is -0.506 e. The molecule has 14 heavy (non-hydrogen) atoms. The van der Waals surface area contributed by atoms with Gasteiger partial charge < -0.3 is 10.4 Å². The summed E-state index contributed by atoms with van der Waals surface area (Å²) < 4.78 is 0. The molecule has 1 aromatic carbocycles. The smallest absolute Gasteiger partial charge is 0.142 e. The SMILES string of the molecule is CNc1c(O)ccc(C)c1/C=C\C=O. The van der Waals surface area contributed by atoms with Crippen molar-refractivity contribution >= 4 is 18.0 Å². The summed E-state index contributed by atoms with van der Waals surface area (Å²) in [5, 5.41) is 12.4. The lowest BCUT2D eigenvalue weighted by atomic mass is 10.1. The standard InChI is InChI=1S/C11H13NO2/c1-8-5-6-10(14)11(12-2)9(8)4-3-7-13/h3-7,12,14H,1-2H3/b4-3-. The van der Waals surface area contributed by atoms with E-state index in [1.807, 2.05) is 6.92 Å². The molecule has 0 saturated heterocycles. The highest BCUT2D eigenvalue weighted by molar-refractivity contribution is 5.81. The van der Waals surface area contributed by atoms with E-state index in [1.54, 1.807) is 25.3 Å². The molecule has 0 aliphatic carbocycles. The minimum atomic E-state index is 0.184. The second-order valence-corrected chi connectivity index (χ2v) is 2.94. The number of nitrogens with one attached hydrogen (secondary N) is 1. The van der Waals surface area contributed by atoms with Crippen LogP contribution in [0.1, 0.15) is 11.1 Å². The molecule has 3 nitrogen and oxygen atoms in total. The number of rotatable bonds is 3. The Labute approximate surface area is 83.1 Å². The van der Waals surface area contributed by atoms with Crippen LogP contribution in [0.4, 0.5) is 5.69 Å². The molecule has 0 amide bonds. The molecular weight excluding hydrogens is 178 g/mol. The van der Waals surface area contributed by atoms with Crippen LogP contribution in [0, 0.1) is 6.92 Å². The van der Waals surface area contributed by atoms with Crippen LogP contribution in [-0.4, -0.2) is 18.4 Å². The maximum absolute atomic E-state index is 10.2. The van der Waals surface area contributed by atoms with Gasteiger partial charge in [-0.1, -0.05) is 6.07 Å². The number of aromatic hydroxyl groups is 1. The fraction of sp³-hybridized carbons (Fsp3) is 0.182. The number of aldehydes is 1. The summed E-state index contributed by atoms with van der Waals surface area (Å²) in [6, 6.07) is 3.43. The van der Waals surface area contributed by atoms with Gasteiger partial charge in [-0.15, -0.1) is 0 Å². The molecule has 0 fully saturated rings. The van der Waals surface area contributed by atoms with E-state index in [0.717, 1.165) is 11.1 Å². The van der Waals surface area contributed by atoms with Crippen molar-refractivity contribution in [2.45, 2.75) is 6.92 Å². The highest BCUT2D eigenvalue weighted by Crippen LogP contribution is 2.30. The average molecular weight is 191 g/mol. The summed E-state index contributed by atoms with van der Waals surface area (Å²) in [5.41, 5.74) is 2.48. The van der Waals surface area contributed by atoms with Crippen LogP contribution in [-0.2, 0) is 4.79 Å². The second kappa shape index (κ2) is 4.46. The van der Waals surface area contributed by atoms with E-state index in [4.69, 9.17) is 0 Å². The molecule has 0 unspecified atom stereocenters. The molecule has 0 saturated carbocycles. The zero-order chi connectivity index (χ0) is 10.6. The Hall–Kier alpha value is -1.77. The molecule has 0 atom stereocenters. The van der Waals surface area contributed by atoms with Crippen molar-refractivity contribution in [1.29, 1.82) is 0 Å². The molecule has 1 rings (SSSR count). The lowest BCUT2D eigenvalue weighted by Gasteiger charge is -2.10. The molecule has 0 radical (unpaired) electrons. The lowest BCUT2D eigenvalue weighted by Crippen LogP contribution is -1.94. The first kappa shape index (κ1) is 10.3. The Morgan fingerprint density at radius 3 is 2.71 bits per heavy atom. The summed E-state index contributed by atoms with van der Waals surface area (Å²) in [4.78, 5) is 10.2. The van der Waals surface area contributed by atoms with E-state index in [9.17, 15) is 9.90 Å². The van der Waals surface area contributed by atoms with E-state index in [1.165, 1.54) is 6.08 Å². The van der Waals surface area contributed by atoms with Gasteiger partial charge in [0.25, 0.3) is 0 Å². The van der Waals surface area contributed by atoms with Crippen molar-refractivity contribution in [3.63, 3.8) is 0 Å². The molecule has 2 N–H and O–H groups in total. The maximum Gasteiger partial charge on any atom is 0.142 e. The summed E-state index contributed by atoms with van der Waals surface area (Å²) >= 11 is 0. The lowest BCUT2D eigenvalue weighted by molar-refractivity contribution is -0.104. The predicted molar refractivity (Wildman–Crippen MR) is 57.5 cm³/mol. The van der Waals surface area contributed by atoms with E-state index in [2.05, 4.69) is 5.32 Å². The fourth-order valence-electron chi connectivity index (χ4n) is 1.33. The molecule has 1 aromatic rings. The second-order valence-electron chi connectivity index (χ2n) is 2.94. The molecule has 0 heterocycles. The van der Waals surface area contributed by atoms with Crippen molar-refractivity contribution in [1.82, 2.24) is 0 Å². The summed E-state index contributed by atoms with van der Waals surface area (Å²) in [7, 11) is 1.73. The van der Waals surface area contributed by atoms with Crippen LogP contribution in [0.5, 0.6) is 5.75 Å². The van der Waals surface area contributed by atoms with Crippen LogP contribution >= 0.6 is 0 Å². The maximum atomic E-state index is 10.2. The van der Waals surface area contributed by atoms with E-state index >= 15 is 0 Å². The molecule has 3 heteroatoms. The van der Waals surface area contributed by atoms with Gasteiger partial charge >= 0.3 is 0 Å². The van der Waals surface area contributed by atoms with Gasteiger partial charge in [-0.3, -0.25) is 4.79 Å². The quantitative estimate of drug-likeness (QED) is 0.436. The molecule has 0 bridgehead atoms. The summed E-state index contributed by atoms with van der Waals surface area (Å²) in [6.45, 7) is 1.92. The van der Waals surface area contributed by atoms with Crippen LogP contribution in [0.3, 0.4) is 0 Å². The number of aryl methyl sites for hydroxylation is 1. The van der Waals surface area contributed by atoms with Crippen molar-refractivity contribution in [3.8, 4) is 5.75 Å². The molecular formula is C11H13NO2. The van der Waals surface area contributed by atoms with Crippen molar-refractivity contribution in [3.05, 3.63) is 29.3 Å². The van der Waals surface area contributed by atoms with E-state index in [-0.39, 0.29) is 5.75 Å². The zero-order valence-electron chi connectivity index (χ0n) is 8.24. The molecule has 74 valence electrons. The number of phenolic OH excluding ortho intramolecular Hbond substituents is 1. The highest BCUT2D eigenvalue weighted by Gasteiger charge is 2.05. The van der Waals surface area contributed by atoms with Gasteiger partial charge in [0.15, 0.2) is 0 Å². The van der Waals surface area contributed by atoms with Gasteiger partial charge in [0.05, 0.1) is 5.69 Å². The molecule has 0 aliphatic heterocycles. The number of anilines is 1. The monoisotopic (exact) mass is 191 g/mol. The average Bonchev–Trinajstić information content (AvgIpc) is 2.19. The zero-order valence-corrected chi connectivity index (χ0v) is 8.24. The Morgan fingerprint density at radius 2 is 2.14 bits per heavy atom. The van der Waals surface area contributed by atoms with Gasteiger partial charge in [0, 0.05) is 12.6 Å². The first-order chi connectivity index (χ1) is 6.70. The number of phenols is 1. The predicted octanol–water partition coefficient (Wildman–Crippen LogP) is 1.95. The topological polar surface area (TPSA) is 49.3 Å². The summed E-state index contributed by atoms with van der Waals surface area (Å²) in [5.74, 6) is 0.184. The molecule has 0 aliphatic rings. The number of hydrogen-bond donors (Lipinski definition) is 2. The van der Waals surface area contributed by atoms with Crippen LogP contribution in [0.15, 0.2) is 18.2 Å². The third kappa shape index (κ3) is 1.93. The van der Waals surface area contributed by atoms with Gasteiger partial charge in [0.2, 0.25) is 0 Å². The van der Waals surface area contributed by atoms with Gasteiger partial charge in [-0.05, 0) is 30.7 Å². The first-order valence-electron chi connectivity index (χ1n) is 4.33. The fourth-order valence-corrected chi connectivity index (χ4v) is 1.33. The minimum absolute atomic E-state index is 0.184. The van der Waals surface area contributed by atoms with E-state index in [0.29, 0.717) is 12.0 Å². The third-order valence-electron chi connectivity index (χ3n) is 2.03. The number of carbonyl (C=O) groups excluding carboxylic acids is 1. The number of benzene rings is 1. The van der Waals surface area contributed by atoms with E-state index < -0.39 is 0 Å². The summed E-state index contributed by atoms with van der Waals surface area (Å²) in [6.07, 6.45) is 3.79. The van der Waals surface area contributed by atoms with Gasteiger partial charge in [-0.25, -0.2) is 0 Å². The number of hydrogen-bond acceptors (Lipinski definition) is 3. The Balaban J connectivity index is 3.29. The third-order valence-corrected chi connectivity index (χ3v) is 2.03. The normalized spacial score (nSPS) is 10.4. The Morgan fingerprint density at radius 1 is 1.43 bits per heavy atom. The Kier molecular flexibility index (Phi) is 3.29. The van der Waals surface area contributed by atoms with Crippen LogP contribution < -0.4 is 5.32 Å². The van der Waals surface area contributed by atoms with Gasteiger partial charge in [-0.2, -0.15) is 0 Å². The number of allylic oxidation sites excluding steroid dienone is 1. The largest absolute Gasteiger partial charge is 0.506 e. The number of carbonyl (C=O) groups is 1. The van der Waals surface area contributed by atoms with Crippen molar-refractivity contribution in [2.24, 2.45) is 0 Å². The van der Waals surface area contributed by atoms with Gasteiger partial charge in [0.1, 0.15) is 12.0 Å². The Bertz CT molecular complexity index is 370.